The van der Waals surface area contributed by atoms with Gasteiger partial charge in [0.2, 0.25) is 5.95 Å². The number of benzene rings is 2. The van der Waals surface area contributed by atoms with E-state index in [-0.39, 0.29) is 27.8 Å². The van der Waals surface area contributed by atoms with Crippen molar-refractivity contribution < 1.29 is 22.4 Å². The van der Waals surface area contributed by atoms with Crippen molar-refractivity contribution in [3.05, 3.63) is 78.4 Å². The molecular weight excluding hydrogens is 465 g/mol. The molecule has 0 fully saturated rings. The van der Waals surface area contributed by atoms with Crippen molar-refractivity contribution in [3.8, 4) is 0 Å². The molecule has 1 aliphatic rings. The second-order valence-corrected chi connectivity index (χ2v) is 8.57. The number of nitrogens with zero attached hydrogens (tertiary/aromatic N) is 5. The molecule has 2 aromatic carbocycles. The van der Waals surface area contributed by atoms with Gasteiger partial charge in [-0.2, -0.15) is 15.2 Å². The van der Waals surface area contributed by atoms with Crippen LogP contribution in [0.1, 0.15) is 17.3 Å². The number of amides is 2. The number of sulfonamides is 1. The Hall–Kier alpha value is -4.52. The fourth-order valence-electron chi connectivity index (χ4n) is 2.84. The van der Waals surface area contributed by atoms with Crippen molar-refractivity contribution >= 4 is 44.9 Å². The van der Waals surface area contributed by atoms with E-state index in [4.69, 9.17) is 0 Å². The molecule has 0 atom stereocenters. The lowest BCUT2D eigenvalue weighted by molar-refractivity contribution is -0.121. The number of imide groups is 1. The van der Waals surface area contributed by atoms with E-state index >= 15 is 0 Å². The quantitative estimate of drug-likeness (QED) is 0.405. The van der Waals surface area contributed by atoms with Crippen molar-refractivity contribution in [1.29, 1.82) is 0 Å². The predicted molar refractivity (Wildman–Crippen MR) is 121 cm³/mol. The van der Waals surface area contributed by atoms with Crippen LogP contribution in [0.25, 0.3) is 0 Å². The Balaban J connectivity index is 1.45. The second-order valence-electron chi connectivity index (χ2n) is 6.89. The monoisotopic (exact) mass is 481 g/mol. The van der Waals surface area contributed by atoms with Gasteiger partial charge in [0, 0.05) is 18.0 Å². The van der Waals surface area contributed by atoms with Gasteiger partial charge in [-0.25, -0.2) is 27.5 Å². The number of carbonyl (C=O) groups is 2. The summed E-state index contributed by atoms with van der Waals surface area (Å²) in [5.41, 5.74) is 3.20. The molecule has 11 nitrogen and oxygen atoms in total. The van der Waals surface area contributed by atoms with E-state index in [1.165, 1.54) is 55.7 Å². The van der Waals surface area contributed by atoms with Crippen LogP contribution < -0.4 is 10.1 Å². The third-order valence-corrected chi connectivity index (χ3v) is 5.87. The molecule has 0 unspecified atom stereocenters. The second kappa shape index (κ2) is 9.15. The van der Waals surface area contributed by atoms with Crippen LogP contribution in [-0.2, 0) is 14.8 Å². The van der Waals surface area contributed by atoms with Crippen LogP contribution in [0, 0.1) is 5.82 Å². The lowest BCUT2D eigenvalue weighted by atomic mass is 10.2. The summed E-state index contributed by atoms with van der Waals surface area (Å²) in [4.78, 5) is 32.7. The Kier molecular flexibility index (Phi) is 6.10. The Morgan fingerprint density at radius 1 is 1.03 bits per heavy atom. The molecule has 0 spiro atoms. The topological polar surface area (TPSA) is 146 Å². The minimum atomic E-state index is -3.90. The largest absolute Gasteiger partial charge is 0.303 e. The molecule has 1 aromatic heterocycles. The van der Waals surface area contributed by atoms with Crippen molar-refractivity contribution in [3.63, 3.8) is 0 Å². The molecule has 13 heteroatoms. The lowest BCUT2D eigenvalue weighted by Gasteiger charge is -2.09. The first-order valence-corrected chi connectivity index (χ1v) is 11.2. The predicted octanol–water partition coefficient (Wildman–Crippen LogP) is 2.24. The Morgan fingerprint density at radius 2 is 1.68 bits per heavy atom. The van der Waals surface area contributed by atoms with Crippen LogP contribution in [0.3, 0.4) is 0 Å². The lowest BCUT2D eigenvalue weighted by Crippen LogP contribution is -2.33. The van der Waals surface area contributed by atoms with Crippen LogP contribution in [-0.4, -0.2) is 46.6 Å². The molecule has 2 amide bonds. The van der Waals surface area contributed by atoms with Crippen LogP contribution in [0.15, 0.2) is 82.1 Å². The van der Waals surface area contributed by atoms with Crippen LogP contribution in [0.4, 0.5) is 16.0 Å². The van der Waals surface area contributed by atoms with Gasteiger partial charge in [-0.05, 0) is 61.5 Å². The summed E-state index contributed by atoms with van der Waals surface area (Å²) in [6.07, 6.45) is 2.81. The highest BCUT2D eigenvalue weighted by Crippen LogP contribution is 2.18. The fourth-order valence-corrected chi connectivity index (χ4v) is 3.80. The van der Waals surface area contributed by atoms with Crippen LogP contribution in [0.5, 0.6) is 0 Å². The molecule has 0 aliphatic carbocycles. The van der Waals surface area contributed by atoms with Crippen molar-refractivity contribution in [1.82, 2.24) is 15.0 Å². The molecule has 0 bridgehead atoms. The minimum Gasteiger partial charge on any atom is -0.278 e. The number of hydrazone groups is 2. The molecule has 4 rings (SSSR count). The zero-order chi connectivity index (χ0) is 24.3. The molecule has 0 radical (unpaired) electrons. The Labute approximate surface area is 193 Å². The maximum atomic E-state index is 13.1. The zero-order valence-corrected chi connectivity index (χ0v) is 18.3. The van der Waals surface area contributed by atoms with Gasteiger partial charge in [-0.3, -0.25) is 15.0 Å². The van der Waals surface area contributed by atoms with Crippen molar-refractivity contribution in [2.75, 3.05) is 10.1 Å². The van der Waals surface area contributed by atoms with E-state index in [1.807, 2.05) is 0 Å². The SMILES string of the molecule is CC1=NN(C(=O)c2ccc(F)cc2)C(=O)/C1=N/Nc1ccc(S(=O)(=O)Nc2ncccn2)cc1. The average molecular weight is 481 g/mol. The van der Waals surface area contributed by atoms with Gasteiger partial charge in [0.1, 0.15) is 5.82 Å². The van der Waals surface area contributed by atoms with Crippen molar-refractivity contribution in [2.24, 2.45) is 10.2 Å². The zero-order valence-electron chi connectivity index (χ0n) is 17.5. The first kappa shape index (κ1) is 22.7. The molecule has 172 valence electrons. The number of rotatable bonds is 6. The van der Waals surface area contributed by atoms with E-state index < -0.39 is 27.7 Å². The van der Waals surface area contributed by atoms with Gasteiger partial charge >= 0.3 is 5.91 Å². The van der Waals surface area contributed by atoms with Gasteiger partial charge < -0.3 is 0 Å². The number of aromatic nitrogens is 2. The standard InChI is InChI=1S/C21H16FN7O4S/c1-13-18(20(31)29(27-13)19(30)14-3-5-15(22)6-4-14)26-25-16-7-9-17(10-8-16)34(32,33)28-21-23-11-2-12-24-21/h2-12,25H,1H3,(H,23,24,28)/b26-18+. The Bertz CT molecular complexity index is 1410. The van der Waals surface area contributed by atoms with Gasteiger partial charge in [0.15, 0.2) is 5.71 Å². The highest BCUT2D eigenvalue weighted by molar-refractivity contribution is 7.92. The molecule has 0 saturated carbocycles. The maximum Gasteiger partial charge on any atom is 0.303 e. The van der Waals surface area contributed by atoms with Crippen LogP contribution >= 0.6 is 0 Å². The fraction of sp³-hybridized carbons (Fsp3) is 0.0476. The molecule has 3 aromatic rings. The van der Waals surface area contributed by atoms with Gasteiger partial charge in [0.25, 0.3) is 15.9 Å². The number of nitrogens with one attached hydrogen (secondary N) is 2. The molecule has 34 heavy (non-hydrogen) atoms. The summed E-state index contributed by atoms with van der Waals surface area (Å²) >= 11 is 0. The molecular formula is C21H16FN7O4S. The summed E-state index contributed by atoms with van der Waals surface area (Å²) < 4.78 is 40.2. The molecule has 1 aliphatic heterocycles. The van der Waals surface area contributed by atoms with Crippen LogP contribution in [0.2, 0.25) is 0 Å². The van der Waals surface area contributed by atoms with Crippen molar-refractivity contribution in [2.45, 2.75) is 11.8 Å². The molecule has 0 saturated heterocycles. The summed E-state index contributed by atoms with van der Waals surface area (Å²) in [6.45, 7) is 1.50. The third-order valence-electron chi connectivity index (χ3n) is 4.52. The smallest absolute Gasteiger partial charge is 0.278 e. The first-order chi connectivity index (χ1) is 16.2. The summed E-state index contributed by atoms with van der Waals surface area (Å²) in [5.74, 6) is -2.06. The molecule has 2 N–H and O–H groups in total. The van der Waals surface area contributed by atoms with E-state index in [0.29, 0.717) is 10.7 Å². The number of hydrogen-bond acceptors (Lipinski definition) is 9. The Morgan fingerprint density at radius 3 is 2.32 bits per heavy atom. The minimum absolute atomic E-state index is 0.0380. The van der Waals surface area contributed by atoms with E-state index in [0.717, 1.165) is 12.1 Å². The number of halogens is 1. The number of anilines is 2. The van der Waals surface area contributed by atoms with E-state index in [1.54, 1.807) is 6.07 Å². The van der Waals surface area contributed by atoms with E-state index in [2.05, 4.69) is 30.3 Å². The summed E-state index contributed by atoms with van der Waals surface area (Å²) in [6, 6.07) is 11.8. The third kappa shape index (κ3) is 4.78. The molecule has 2 heterocycles. The highest BCUT2D eigenvalue weighted by atomic mass is 32.2. The maximum absolute atomic E-state index is 13.1. The number of hydrogen-bond donors (Lipinski definition) is 2. The number of carbonyl (C=O) groups excluding carboxylic acids is 2. The van der Waals surface area contributed by atoms with E-state index in [9.17, 15) is 22.4 Å². The van der Waals surface area contributed by atoms with Gasteiger partial charge in [-0.15, -0.1) is 0 Å². The summed E-state index contributed by atoms with van der Waals surface area (Å²) in [7, 11) is -3.90. The first-order valence-electron chi connectivity index (χ1n) is 9.68. The highest BCUT2D eigenvalue weighted by Gasteiger charge is 2.34. The summed E-state index contributed by atoms with van der Waals surface area (Å²) in [5, 5.41) is 8.59. The van der Waals surface area contributed by atoms with Gasteiger partial charge in [0.05, 0.1) is 16.3 Å². The average Bonchev–Trinajstić information content (AvgIpc) is 3.11. The van der Waals surface area contributed by atoms with Gasteiger partial charge in [-0.1, -0.05) is 0 Å². The normalized spacial score (nSPS) is 14.8.